The lowest BCUT2D eigenvalue weighted by molar-refractivity contribution is 0.777. The van der Waals surface area contributed by atoms with Crippen molar-refractivity contribution in [2.45, 2.75) is 18.7 Å². The van der Waals surface area contributed by atoms with Crippen molar-refractivity contribution in [3.63, 3.8) is 0 Å². The Morgan fingerprint density at radius 3 is 2.69 bits per heavy atom. The van der Waals surface area contributed by atoms with Crippen molar-refractivity contribution < 1.29 is 0 Å². The van der Waals surface area contributed by atoms with E-state index in [0.717, 1.165) is 6.42 Å². The van der Waals surface area contributed by atoms with E-state index in [1.165, 1.54) is 11.3 Å². The van der Waals surface area contributed by atoms with Gasteiger partial charge in [0.25, 0.3) is 0 Å². The van der Waals surface area contributed by atoms with E-state index < -0.39 is 0 Å². The largest absolute Gasteiger partial charge is 0.372 e. The van der Waals surface area contributed by atoms with Crippen LogP contribution in [0.5, 0.6) is 0 Å². The zero-order valence-electron chi connectivity index (χ0n) is 7.66. The van der Waals surface area contributed by atoms with Crippen LogP contribution in [0.4, 0.5) is 0 Å². The third kappa shape index (κ3) is 1.89. The first-order valence-electron chi connectivity index (χ1n) is 4.57. The van der Waals surface area contributed by atoms with Crippen molar-refractivity contribution in [2.75, 3.05) is 0 Å². The van der Waals surface area contributed by atoms with Gasteiger partial charge in [0.2, 0.25) is 0 Å². The molecular formula is C11H13NS. The molecule has 2 heteroatoms. The summed E-state index contributed by atoms with van der Waals surface area (Å²) in [5.41, 5.74) is 2.54. The van der Waals surface area contributed by atoms with Crippen LogP contribution in [0, 0.1) is 0 Å². The molecular weight excluding hydrogens is 178 g/mol. The Morgan fingerprint density at radius 1 is 1.31 bits per heavy atom. The van der Waals surface area contributed by atoms with Crippen LogP contribution in [0.3, 0.4) is 0 Å². The van der Waals surface area contributed by atoms with Crippen LogP contribution in [0.25, 0.3) is 5.70 Å². The Bertz CT molecular complexity index is 305. The zero-order valence-corrected chi connectivity index (χ0v) is 8.47. The number of nitrogens with one attached hydrogen (secondary N) is 1. The summed E-state index contributed by atoms with van der Waals surface area (Å²) in [5, 5.41) is 6.26. The van der Waals surface area contributed by atoms with Crippen molar-refractivity contribution in [1.82, 2.24) is 5.32 Å². The molecule has 0 saturated carbocycles. The minimum absolute atomic E-state index is 0.565. The molecule has 1 unspecified atom stereocenters. The Kier molecular flexibility index (Phi) is 2.60. The molecule has 13 heavy (non-hydrogen) atoms. The summed E-state index contributed by atoms with van der Waals surface area (Å²) in [6.45, 7) is 2.20. The second kappa shape index (κ2) is 3.88. The van der Waals surface area contributed by atoms with Crippen LogP contribution in [-0.4, -0.2) is 5.37 Å². The van der Waals surface area contributed by atoms with Crippen LogP contribution < -0.4 is 5.32 Å². The van der Waals surface area contributed by atoms with E-state index in [0.29, 0.717) is 5.37 Å². The highest BCUT2D eigenvalue weighted by Crippen LogP contribution is 2.28. The van der Waals surface area contributed by atoms with Crippen molar-refractivity contribution in [2.24, 2.45) is 0 Å². The van der Waals surface area contributed by atoms with Crippen molar-refractivity contribution in [1.29, 1.82) is 0 Å². The molecule has 1 aliphatic heterocycles. The van der Waals surface area contributed by atoms with Gasteiger partial charge in [-0.3, -0.25) is 0 Å². The van der Waals surface area contributed by atoms with Crippen LogP contribution in [0.1, 0.15) is 18.9 Å². The van der Waals surface area contributed by atoms with Gasteiger partial charge in [-0.25, -0.2) is 0 Å². The van der Waals surface area contributed by atoms with E-state index in [9.17, 15) is 0 Å². The summed E-state index contributed by atoms with van der Waals surface area (Å²) in [4.78, 5) is 0. The highest BCUT2D eigenvalue weighted by molar-refractivity contribution is 8.03. The first kappa shape index (κ1) is 8.70. The number of hydrogen-bond acceptors (Lipinski definition) is 2. The van der Waals surface area contributed by atoms with Gasteiger partial charge in [-0.05, 0) is 17.4 Å². The molecule has 1 nitrogen and oxygen atoms in total. The standard InChI is InChI=1S/C11H13NS/c1-2-11-12-10(8-13-11)9-6-4-3-5-7-9/h3-8,11-12H,2H2,1H3. The zero-order chi connectivity index (χ0) is 9.10. The summed E-state index contributed by atoms with van der Waals surface area (Å²) in [6, 6.07) is 10.5. The smallest absolute Gasteiger partial charge is 0.0761 e. The quantitative estimate of drug-likeness (QED) is 0.771. The maximum atomic E-state index is 3.48. The lowest BCUT2D eigenvalue weighted by atomic mass is 10.2. The van der Waals surface area contributed by atoms with Crippen LogP contribution in [0.15, 0.2) is 35.7 Å². The van der Waals surface area contributed by atoms with Crippen molar-refractivity contribution >= 4 is 17.5 Å². The number of hydrogen-bond donors (Lipinski definition) is 1. The third-order valence-electron chi connectivity index (χ3n) is 2.12. The molecule has 0 aromatic heterocycles. The van der Waals surface area contributed by atoms with E-state index in [4.69, 9.17) is 0 Å². The minimum atomic E-state index is 0.565. The number of rotatable bonds is 2. The topological polar surface area (TPSA) is 12.0 Å². The van der Waals surface area contributed by atoms with E-state index in [1.54, 1.807) is 0 Å². The van der Waals surface area contributed by atoms with Crippen LogP contribution in [0.2, 0.25) is 0 Å². The molecule has 1 aromatic carbocycles. The molecule has 1 aromatic rings. The van der Waals surface area contributed by atoms with Crippen molar-refractivity contribution in [3.8, 4) is 0 Å². The van der Waals surface area contributed by atoms with Gasteiger partial charge >= 0.3 is 0 Å². The van der Waals surface area contributed by atoms with Gasteiger partial charge in [0, 0.05) is 5.70 Å². The molecule has 68 valence electrons. The number of thioether (sulfide) groups is 1. The molecule has 1 atom stereocenters. The fourth-order valence-corrected chi connectivity index (χ4v) is 2.25. The summed E-state index contributed by atoms with van der Waals surface area (Å²) < 4.78 is 0. The molecule has 0 aliphatic carbocycles. The SMILES string of the molecule is CCC1NC(c2ccccc2)=CS1. The Labute approximate surface area is 83.2 Å². The predicted molar refractivity (Wildman–Crippen MR) is 59.2 cm³/mol. The molecule has 2 rings (SSSR count). The third-order valence-corrected chi connectivity index (χ3v) is 3.27. The summed E-state index contributed by atoms with van der Waals surface area (Å²) in [5.74, 6) is 0. The normalized spacial score (nSPS) is 21.0. The summed E-state index contributed by atoms with van der Waals surface area (Å²) in [6.07, 6.45) is 1.16. The lowest BCUT2D eigenvalue weighted by Crippen LogP contribution is -2.18. The first-order chi connectivity index (χ1) is 6.40. The van der Waals surface area contributed by atoms with Gasteiger partial charge in [0.15, 0.2) is 0 Å². The van der Waals surface area contributed by atoms with Gasteiger partial charge in [-0.15, -0.1) is 11.8 Å². The van der Waals surface area contributed by atoms with Gasteiger partial charge in [-0.2, -0.15) is 0 Å². The second-order valence-corrected chi connectivity index (χ2v) is 4.15. The molecule has 0 spiro atoms. The van der Waals surface area contributed by atoms with Gasteiger partial charge in [-0.1, -0.05) is 37.3 Å². The van der Waals surface area contributed by atoms with Crippen molar-refractivity contribution in [3.05, 3.63) is 41.3 Å². The second-order valence-electron chi connectivity index (χ2n) is 3.07. The van der Waals surface area contributed by atoms with E-state index in [1.807, 2.05) is 17.8 Å². The highest BCUT2D eigenvalue weighted by atomic mass is 32.2. The van der Waals surface area contributed by atoms with E-state index in [2.05, 4.69) is 41.9 Å². The fraction of sp³-hybridized carbons (Fsp3) is 0.273. The molecule has 1 heterocycles. The molecule has 0 fully saturated rings. The number of benzene rings is 1. The highest BCUT2D eigenvalue weighted by Gasteiger charge is 2.14. The van der Waals surface area contributed by atoms with Gasteiger partial charge in [0.1, 0.15) is 0 Å². The molecule has 0 bridgehead atoms. The molecule has 0 saturated heterocycles. The molecule has 0 amide bonds. The average molecular weight is 191 g/mol. The lowest BCUT2D eigenvalue weighted by Gasteiger charge is -2.09. The first-order valence-corrected chi connectivity index (χ1v) is 5.52. The Balaban J connectivity index is 2.12. The summed E-state index contributed by atoms with van der Waals surface area (Å²) >= 11 is 1.87. The fourth-order valence-electron chi connectivity index (χ4n) is 1.36. The van der Waals surface area contributed by atoms with Gasteiger partial charge < -0.3 is 5.32 Å². The van der Waals surface area contributed by atoms with Crippen LogP contribution >= 0.6 is 11.8 Å². The molecule has 1 N–H and O–H groups in total. The average Bonchev–Trinajstić information content (AvgIpc) is 2.67. The Hall–Kier alpha value is -0.890. The van der Waals surface area contributed by atoms with Gasteiger partial charge in [0.05, 0.1) is 5.37 Å². The maximum Gasteiger partial charge on any atom is 0.0761 e. The van der Waals surface area contributed by atoms with E-state index >= 15 is 0 Å². The molecule has 0 radical (unpaired) electrons. The van der Waals surface area contributed by atoms with E-state index in [-0.39, 0.29) is 0 Å². The molecule has 1 aliphatic rings. The predicted octanol–water partition coefficient (Wildman–Crippen LogP) is 3.06. The maximum absolute atomic E-state index is 3.48. The minimum Gasteiger partial charge on any atom is -0.372 e. The monoisotopic (exact) mass is 191 g/mol. The van der Waals surface area contributed by atoms with Crippen LogP contribution in [-0.2, 0) is 0 Å². The summed E-state index contributed by atoms with van der Waals surface area (Å²) in [7, 11) is 0. The Morgan fingerprint density at radius 2 is 2.08 bits per heavy atom.